The zero-order valence-electron chi connectivity index (χ0n) is 9.30. The summed E-state index contributed by atoms with van der Waals surface area (Å²) in [6, 6.07) is 0. The van der Waals surface area contributed by atoms with E-state index in [-0.39, 0.29) is 0 Å². The van der Waals surface area contributed by atoms with Gasteiger partial charge >= 0.3 is 0 Å². The molecule has 0 aliphatic carbocycles. The highest BCUT2D eigenvalue weighted by Crippen LogP contribution is 2.26. The molecule has 0 unspecified atom stereocenters. The van der Waals surface area contributed by atoms with Crippen LogP contribution in [-0.4, -0.2) is 21.3 Å². The van der Waals surface area contributed by atoms with Gasteiger partial charge in [-0.15, -0.1) is 23.1 Å². The van der Waals surface area contributed by atoms with Crippen LogP contribution in [0.25, 0.3) is 0 Å². The molecule has 2 aromatic heterocycles. The molecule has 6 heteroatoms. The van der Waals surface area contributed by atoms with Gasteiger partial charge in [0.2, 0.25) is 0 Å². The number of anilines is 1. The number of rotatable bonds is 5. The standard InChI is InChI=1S/C10H14N4S2/c1-3-11-10-12-4-9(16-10)7-15-8-5-13-14(2)6-8/h4-6H,3,7H2,1-2H3,(H,11,12). The summed E-state index contributed by atoms with van der Waals surface area (Å²) in [5.74, 6) is 0.953. The van der Waals surface area contributed by atoms with Crippen LogP contribution in [0.3, 0.4) is 0 Å². The van der Waals surface area contributed by atoms with Crippen molar-refractivity contribution in [2.75, 3.05) is 11.9 Å². The van der Waals surface area contributed by atoms with Crippen molar-refractivity contribution in [1.29, 1.82) is 0 Å². The SMILES string of the molecule is CCNc1ncc(CSc2cnn(C)c2)s1. The van der Waals surface area contributed by atoms with Crippen molar-refractivity contribution in [1.82, 2.24) is 14.8 Å². The Morgan fingerprint density at radius 2 is 2.38 bits per heavy atom. The summed E-state index contributed by atoms with van der Waals surface area (Å²) in [6.45, 7) is 2.99. The van der Waals surface area contributed by atoms with Crippen molar-refractivity contribution in [3.63, 3.8) is 0 Å². The van der Waals surface area contributed by atoms with Crippen molar-refractivity contribution in [2.24, 2.45) is 7.05 Å². The van der Waals surface area contributed by atoms with E-state index in [4.69, 9.17) is 0 Å². The maximum Gasteiger partial charge on any atom is 0.182 e. The molecule has 0 amide bonds. The molecule has 0 bridgehead atoms. The van der Waals surface area contributed by atoms with Gasteiger partial charge in [0, 0.05) is 41.5 Å². The van der Waals surface area contributed by atoms with Crippen molar-refractivity contribution in [3.8, 4) is 0 Å². The number of nitrogens with zero attached hydrogens (tertiary/aromatic N) is 3. The number of aryl methyl sites for hydroxylation is 1. The lowest BCUT2D eigenvalue weighted by molar-refractivity contribution is 0.766. The van der Waals surface area contributed by atoms with E-state index >= 15 is 0 Å². The average Bonchev–Trinajstić information content (AvgIpc) is 2.85. The highest BCUT2D eigenvalue weighted by Gasteiger charge is 2.03. The summed E-state index contributed by atoms with van der Waals surface area (Å²) in [5, 5.41) is 8.35. The molecule has 2 heterocycles. The van der Waals surface area contributed by atoms with Gasteiger partial charge in [-0.2, -0.15) is 5.10 Å². The Morgan fingerprint density at radius 3 is 3.06 bits per heavy atom. The van der Waals surface area contributed by atoms with Crippen LogP contribution in [0.5, 0.6) is 0 Å². The quantitative estimate of drug-likeness (QED) is 0.833. The van der Waals surface area contributed by atoms with Crippen LogP contribution in [0.15, 0.2) is 23.5 Å². The second kappa shape index (κ2) is 5.36. The third-order valence-electron chi connectivity index (χ3n) is 1.94. The largest absolute Gasteiger partial charge is 0.362 e. The Bertz CT molecular complexity index is 449. The van der Waals surface area contributed by atoms with Crippen molar-refractivity contribution < 1.29 is 0 Å². The minimum atomic E-state index is 0.919. The molecule has 0 saturated heterocycles. The van der Waals surface area contributed by atoms with Crippen LogP contribution < -0.4 is 5.32 Å². The number of thioether (sulfide) groups is 1. The van der Waals surface area contributed by atoms with Gasteiger partial charge in [0.05, 0.1) is 6.20 Å². The fraction of sp³-hybridized carbons (Fsp3) is 0.400. The molecule has 0 aliphatic heterocycles. The monoisotopic (exact) mass is 254 g/mol. The van der Waals surface area contributed by atoms with Crippen LogP contribution in [0.1, 0.15) is 11.8 Å². The van der Waals surface area contributed by atoms with Crippen LogP contribution in [0, 0.1) is 0 Å². The van der Waals surface area contributed by atoms with Crippen molar-refractivity contribution >= 4 is 28.2 Å². The van der Waals surface area contributed by atoms with E-state index in [2.05, 4.69) is 22.3 Å². The Labute approximate surface area is 103 Å². The Morgan fingerprint density at radius 1 is 1.50 bits per heavy atom. The molecular weight excluding hydrogens is 240 g/mol. The molecule has 16 heavy (non-hydrogen) atoms. The van der Waals surface area contributed by atoms with Gasteiger partial charge in [-0.3, -0.25) is 4.68 Å². The van der Waals surface area contributed by atoms with Gasteiger partial charge in [0.25, 0.3) is 0 Å². The number of aromatic nitrogens is 3. The normalized spacial score (nSPS) is 10.6. The number of hydrogen-bond acceptors (Lipinski definition) is 5. The van der Waals surface area contributed by atoms with Gasteiger partial charge in [-0.25, -0.2) is 4.98 Å². The van der Waals surface area contributed by atoms with E-state index in [9.17, 15) is 0 Å². The van der Waals surface area contributed by atoms with Crippen LogP contribution in [-0.2, 0) is 12.8 Å². The summed E-state index contributed by atoms with van der Waals surface area (Å²) in [6.07, 6.45) is 5.85. The average molecular weight is 254 g/mol. The maximum atomic E-state index is 4.30. The zero-order valence-corrected chi connectivity index (χ0v) is 10.9. The lowest BCUT2D eigenvalue weighted by Gasteiger charge is -1.94. The maximum absolute atomic E-state index is 4.30. The number of thiazole rings is 1. The summed E-state index contributed by atoms with van der Waals surface area (Å²) < 4.78 is 1.82. The third-order valence-corrected chi connectivity index (χ3v) is 4.08. The first-order chi connectivity index (χ1) is 7.78. The molecule has 0 saturated carbocycles. The molecule has 4 nitrogen and oxygen atoms in total. The lowest BCUT2D eigenvalue weighted by atomic mass is 10.6. The smallest absolute Gasteiger partial charge is 0.182 e. The van der Waals surface area contributed by atoms with E-state index < -0.39 is 0 Å². The molecule has 0 aromatic carbocycles. The fourth-order valence-electron chi connectivity index (χ4n) is 1.23. The van der Waals surface area contributed by atoms with Gasteiger partial charge in [-0.1, -0.05) is 0 Å². The highest BCUT2D eigenvalue weighted by molar-refractivity contribution is 7.98. The van der Waals surface area contributed by atoms with E-state index in [0.717, 1.165) is 17.4 Å². The van der Waals surface area contributed by atoms with Gasteiger partial charge < -0.3 is 5.32 Å². The van der Waals surface area contributed by atoms with Crippen LogP contribution in [0.2, 0.25) is 0 Å². The molecule has 2 aromatic rings. The number of hydrogen-bond donors (Lipinski definition) is 1. The summed E-state index contributed by atoms with van der Waals surface area (Å²) in [7, 11) is 1.93. The molecule has 1 N–H and O–H groups in total. The predicted octanol–water partition coefficient (Wildman–Crippen LogP) is 2.60. The van der Waals surface area contributed by atoms with Gasteiger partial charge in [-0.05, 0) is 6.92 Å². The highest BCUT2D eigenvalue weighted by atomic mass is 32.2. The molecule has 0 fully saturated rings. The van der Waals surface area contributed by atoms with E-state index in [1.54, 1.807) is 23.1 Å². The minimum Gasteiger partial charge on any atom is -0.362 e. The van der Waals surface area contributed by atoms with Crippen LogP contribution in [0.4, 0.5) is 5.13 Å². The first-order valence-electron chi connectivity index (χ1n) is 5.08. The molecule has 0 aliphatic rings. The number of nitrogens with one attached hydrogen (secondary N) is 1. The van der Waals surface area contributed by atoms with E-state index in [1.165, 1.54) is 9.77 Å². The Hall–Kier alpha value is -1.01. The van der Waals surface area contributed by atoms with Gasteiger partial charge in [0.1, 0.15) is 0 Å². The summed E-state index contributed by atoms with van der Waals surface area (Å²) in [5.41, 5.74) is 0. The summed E-state index contributed by atoms with van der Waals surface area (Å²) in [4.78, 5) is 6.77. The Balaban J connectivity index is 1.89. The zero-order chi connectivity index (χ0) is 11.4. The molecule has 2 rings (SSSR count). The van der Waals surface area contributed by atoms with Crippen molar-refractivity contribution in [3.05, 3.63) is 23.5 Å². The lowest BCUT2D eigenvalue weighted by Crippen LogP contribution is -1.94. The molecule has 0 atom stereocenters. The van der Waals surface area contributed by atoms with Gasteiger partial charge in [0.15, 0.2) is 5.13 Å². The van der Waals surface area contributed by atoms with Crippen molar-refractivity contribution in [2.45, 2.75) is 17.6 Å². The molecule has 0 radical (unpaired) electrons. The second-order valence-electron chi connectivity index (χ2n) is 3.30. The van der Waals surface area contributed by atoms with E-state index in [0.29, 0.717) is 0 Å². The fourth-order valence-corrected chi connectivity index (χ4v) is 3.06. The molecular formula is C10H14N4S2. The first-order valence-corrected chi connectivity index (χ1v) is 6.88. The first kappa shape index (κ1) is 11.5. The molecule has 86 valence electrons. The second-order valence-corrected chi connectivity index (χ2v) is 5.46. The minimum absolute atomic E-state index is 0.919. The van der Waals surface area contributed by atoms with E-state index in [1.807, 2.05) is 30.3 Å². The van der Waals surface area contributed by atoms with Crippen LogP contribution >= 0.6 is 23.1 Å². The third kappa shape index (κ3) is 2.99. The predicted molar refractivity (Wildman–Crippen MR) is 69.0 cm³/mol. The molecule has 0 spiro atoms. The Kier molecular flexibility index (Phi) is 3.84. The topological polar surface area (TPSA) is 42.7 Å². The summed E-state index contributed by atoms with van der Waals surface area (Å²) >= 11 is 3.50.